The molecule has 0 heterocycles. The highest BCUT2D eigenvalue weighted by Crippen LogP contribution is 2.23. The lowest BCUT2D eigenvalue weighted by atomic mass is 9.99. The average molecular weight is 305 g/mol. The van der Waals surface area contributed by atoms with Crippen molar-refractivity contribution >= 4 is 0 Å². The van der Waals surface area contributed by atoms with E-state index in [1.807, 2.05) is 6.92 Å². The summed E-state index contributed by atoms with van der Waals surface area (Å²) in [6.07, 6.45) is -2.32. The summed E-state index contributed by atoms with van der Waals surface area (Å²) in [6, 6.07) is 5.60. The molecule has 0 radical (unpaired) electrons. The van der Waals surface area contributed by atoms with Crippen molar-refractivity contribution in [3.05, 3.63) is 29.8 Å². The van der Waals surface area contributed by atoms with Gasteiger partial charge in [-0.3, -0.25) is 0 Å². The molecule has 1 rings (SSSR count). The summed E-state index contributed by atoms with van der Waals surface area (Å²) in [5.41, 5.74) is 6.98. The maximum absolute atomic E-state index is 12.1. The van der Waals surface area contributed by atoms with Crippen molar-refractivity contribution in [2.24, 2.45) is 5.73 Å². The van der Waals surface area contributed by atoms with Crippen molar-refractivity contribution in [1.29, 1.82) is 0 Å². The zero-order valence-electron chi connectivity index (χ0n) is 12.3. The Bertz CT molecular complexity index is 400. The van der Waals surface area contributed by atoms with E-state index in [9.17, 15) is 13.2 Å². The van der Waals surface area contributed by atoms with Crippen LogP contribution in [0.3, 0.4) is 0 Å². The van der Waals surface area contributed by atoms with Crippen molar-refractivity contribution in [2.45, 2.75) is 51.6 Å². The Labute approximate surface area is 123 Å². The van der Waals surface area contributed by atoms with E-state index in [1.165, 1.54) is 12.1 Å². The predicted molar refractivity (Wildman–Crippen MR) is 75.1 cm³/mol. The normalized spacial score (nSPS) is 14.8. The number of rotatable bonds is 8. The summed E-state index contributed by atoms with van der Waals surface area (Å²) in [6.45, 7) is 4.57. The quantitative estimate of drug-likeness (QED) is 0.797. The molecule has 120 valence electrons. The lowest BCUT2D eigenvalue weighted by Gasteiger charge is -2.23. The average Bonchev–Trinajstić information content (AvgIpc) is 2.39. The number of nitrogens with two attached hydrogens (primary N) is 1. The Balaban J connectivity index is 2.61. The largest absolute Gasteiger partial charge is 0.573 e. The Hall–Kier alpha value is -1.27. The van der Waals surface area contributed by atoms with Gasteiger partial charge in [-0.25, -0.2) is 0 Å². The van der Waals surface area contributed by atoms with Gasteiger partial charge in [0.1, 0.15) is 5.75 Å². The summed E-state index contributed by atoms with van der Waals surface area (Å²) in [5.74, 6) is -0.227. The summed E-state index contributed by atoms with van der Waals surface area (Å²) in [4.78, 5) is 0. The Kier molecular flexibility index (Phi) is 6.98. The van der Waals surface area contributed by atoms with E-state index in [2.05, 4.69) is 11.7 Å². The number of hydrogen-bond donors (Lipinski definition) is 1. The zero-order valence-corrected chi connectivity index (χ0v) is 12.3. The standard InChI is InChI=1S/C15H22F3NO2/c1-3-5-14(20-4-2)13(19)10-11-6-8-12(9-7-11)21-15(16,17)18/h6-9,13-14H,3-5,10,19H2,1-2H3. The second kappa shape index (κ2) is 8.24. The van der Waals surface area contributed by atoms with Crippen LogP contribution in [0, 0.1) is 0 Å². The van der Waals surface area contributed by atoms with Gasteiger partial charge in [-0.2, -0.15) is 0 Å². The molecular weight excluding hydrogens is 283 g/mol. The lowest BCUT2D eigenvalue weighted by molar-refractivity contribution is -0.274. The fourth-order valence-electron chi connectivity index (χ4n) is 2.15. The lowest BCUT2D eigenvalue weighted by Crippen LogP contribution is -2.38. The van der Waals surface area contributed by atoms with E-state index < -0.39 is 6.36 Å². The van der Waals surface area contributed by atoms with Crippen LogP contribution >= 0.6 is 0 Å². The fourth-order valence-corrected chi connectivity index (χ4v) is 2.15. The van der Waals surface area contributed by atoms with Crippen LogP contribution in [-0.4, -0.2) is 25.1 Å². The molecule has 2 N–H and O–H groups in total. The first-order valence-corrected chi connectivity index (χ1v) is 7.07. The summed E-state index contributed by atoms with van der Waals surface area (Å²) >= 11 is 0. The second-order valence-corrected chi connectivity index (χ2v) is 4.84. The number of alkyl halides is 3. The van der Waals surface area contributed by atoms with Crippen LogP contribution in [0.5, 0.6) is 5.75 Å². The van der Waals surface area contributed by atoms with Gasteiger partial charge in [0, 0.05) is 12.6 Å². The van der Waals surface area contributed by atoms with Crippen LogP contribution < -0.4 is 10.5 Å². The van der Waals surface area contributed by atoms with Crippen LogP contribution in [0.1, 0.15) is 32.3 Å². The molecule has 0 amide bonds. The fraction of sp³-hybridized carbons (Fsp3) is 0.600. The minimum Gasteiger partial charge on any atom is -0.406 e. The van der Waals surface area contributed by atoms with Crippen LogP contribution in [0.15, 0.2) is 24.3 Å². The third kappa shape index (κ3) is 6.82. The summed E-state index contributed by atoms with van der Waals surface area (Å²) < 4.78 is 45.6. The molecule has 6 heteroatoms. The first kappa shape index (κ1) is 17.8. The third-order valence-electron chi connectivity index (χ3n) is 3.06. The Morgan fingerprint density at radius 3 is 2.24 bits per heavy atom. The van der Waals surface area contributed by atoms with Crippen LogP contribution in [0.2, 0.25) is 0 Å². The third-order valence-corrected chi connectivity index (χ3v) is 3.06. The number of benzene rings is 1. The molecule has 1 aromatic carbocycles. The van der Waals surface area contributed by atoms with Crippen molar-refractivity contribution in [3.8, 4) is 5.75 Å². The molecule has 0 fully saturated rings. The van der Waals surface area contributed by atoms with Crippen LogP contribution in [0.4, 0.5) is 13.2 Å². The van der Waals surface area contributed by atoms with Gasteiger partial charge in [0.25, 0.3) is 0 Å². The number of hydrogen-bond acceptors (Lipinski definition) is 3. The highest BCUT2D eigenvalue weighted by molar-refractivity contribution is 5.28. The highest BCUT2D eigenvalue weighted by Gasteiger charge is 2.31. The molecule has 2 atom stereocenters. The molecule has 0 spiro atoms. The smallest absolute Gasteiger partial charge is 0.406 e. The minimum absolute atomic E-state index is 0.0360. The molecule has 0 bridgehead atoms. The van der Waals surface area contributed by atoms with Gasteiger partial charge in [0.05, 0.1) is 6.10 Å². The molecule has 0 saturated heterocycles. The molecule has 0 aliphatic carbocycles. The SMILES string of the molecule is CCCC(OCC)C(N)Cc1ccc(OC(F)(F)F)cc1. The number of halogens is 3. The molecule has 21 heavy (non-hydrogen) atoms. The molecule has 1 aromatic rings. The van der Waals surface area contributed by atoms with Crippen molar-refractivity contribution in [3.63, 3.8) is 0 Å². The van der Waals surface area contributed by atoms with Gasteiger partial charge in [0.15, 0.2) is 0 Å². The van der Waals surface area contributed by atoms with Gasteiger partial charge >= 0.3 is 6.36 Å². The van der Waals surface area contributed by atoms with E-state index in [-0.39, 0.29) is 17.9 Å². The van der Waals surface area contributed by atoms with E-state index in [4.69, 9.17) is 10.5 Å². The molecular formula is C15H22F3NO2. The Morgan fingerprint density at radius 2 is 1.76 bits per heavy atom. The van der Waals surface area contributed by atoms with E-state index in [0.29, 0.717) is 13.0 Å². The highest BCUT2D eigenvalue weighted by atomic mass is 19.4. The topological polar surface area (TPSA) is 44.5 Å². The molecule has 0 aliphatic rings. The first-order valence-electron chi connectivity index (χ1n) is 7.07. The van der Waals surface area contributed by atoms with Gasteiger partial charge in [-0.15, -0.1) is 13.2 Å². The van der Waals surface area contributed by atoms with Gasteiger partial charge in [0.2, 0.25) is 0 Å². The van der Waals surface area contributed by atoms with Gasteiger partial charge < -0.3 is 15.2 Å². The number of ether oxygens (including phenoxy) is 2. The molecule has 0 aliphatic heterocycles. The van der Waals surface area contributed by atoms with Gasteiger partial charge in [-0.05, 0) is 37.5 Å². The van der Waals surface area contributed by atoms with Crippen molar-refractivity contribution in [1.82, 2.24) is 0 Å². The van der Waals surface area contributed by atoms with E-state index in [1.54, 1.807) is 12.1 Å². The van der Waals surface area contributed by atoms with E-state index in [0.717, 1.165) is 18.4 Å². The Morgan fingerprint density at radius 1 is 1.14 bits per heavy atom. The van der Waals surface area contributed by atoms with Crippen molar-refractivity contribution < 1.29 is 22.6 Å². The maximum atomic E-state index is 12.1. The molecule has 0 saturated carbocycles. The van der Waals surface area contributed by atoms with Gasteiger partial charge in [-0.1, -0.05) is 25.5 Å². The molecule has 2 unspecified atom stereocenters. The first-order chi connectivity index (χ1) is 9.85. The van der Waals surface area contributed by atoms with E-state index >= 15 is 0 Å². The van der Waals surface area contributed by atoms with Crippen LogP contribution in [0.25, 0.3) is 0 Å². The summed E-state index contributed by atoms with van der Waals surface area (Å²) in [5, 5.41) is 0. The van der Waals surface area contributed by atoms with Crippen molar-refractivity contribution in [2.75, 3.05) is 6.61 Å². The second-order valence-electron chi connectivity index (χ2n) is 4.84. The maximum Gasteiger partial charge on any atom is 0.573 e. The summed E-state index contributed by atoms with van der Waals surface area (Å²) in [7, 11) is 0. The predicted octanol–water partition coefficient (Wildman–Crippen LogP) is 3.66. The zero-order chi connectivity index (χ0) is 15.9. The monoisotopic (exact) mass is 305 g/mol. The molecule has 0 aromatic heterocycles. The minimum atomic E-state index is -4.67. The van der Waals surface area contributed by atoms with Crippen LogP contribution in [-0.2, 0) is 11.2 Å². The molecule has 3 nitrogen and oxygen atoms in total.